The van der Waals surface area contributed by atoms with Crippen molar-refractivity contribution in [3.63, 3.8) is 0 Å². The van der Waals surface area contributed by atoms with Crippen molar-refractivity contribution in [1.82, 2.24) is 0 Å². The quantitative estimate of drug-likeness (QED) is 0.807. The van der Waals surface area contributed by atoms with Crippen LogP contribution in [0.5, 0.6) is 0 Å². The van der Waals surface area contributed by atoms with Crippen LogP contribution in [0.2, 0.25) is 0 Å². The molecule has 2 aromatic rings. The Morgan fingerprint density at radius 1 is 0.960 bits per heavy atom. The predicted octanol–water partition coefficient (Wildman–Crippen LogP) is 3.00. The van der Waals surface area contributed by atoms with E-state index in [1.165, 1.54) is 18.2 Å². The molecule has 4 rings (SSSR count). The van der Waals surface area contributed by atoms with E-state index < -0.39 is 35.9 Å². The fraction of sp³-hybridized carbons (Fsp3) is 0.118. The van der Waals surface area contributed by atoms with Gasteiger partial charge in [0.1, 0.15) is 0 Å². The molecule has 5 nitrogen and oxygen atoms in total. The monoisotopic (exact) mass is 346 g/mol. The molecular weight excluding hydrogens is 337 g/mol. The summed E-state index contributed by atoms with van der Waals surface area (Å²) in [6.45, 7) is 0. The number of carbonyl (C=O) groups excluding carboxylic acids is 3. The summed E-state index contributed by atoms with van der Waals surface area (Å²) in [6, 6.07) is 7.97. The van der Waals surface area contributed by atoms with Crippen LogP contribution in [0.1, 0.15) is 31.8 Å². The van der Waals surface area contributed by atoms with Crippen molar-refractivity contribution in [2.75, 3.05) is 10.2 Å². The zero-order valence-electron chi connectivity index (χ0n) is 12.5. The minimum absolute atomic E-state index is 0.0358. The van der Waals surface area contributed by atoms with Crippen molar-refractivity contribution in [1.29, 1.82) is 0 Å². The van der Waals surface area contributed by atoms with Crippen LogP contribution in [-0.4, -0.2) is 17.7 Å². The molecule has 3 amide bonds. The predicted molar refractivity (Wildman–Crippen MR) is 81.4 cm³/mol. The number of halogens is 3. The lowest BCUT2D eigenvalue weighted by molar-refractivity contribution is -0.138. The van der Waals surface area contributed by atoms with Gasteiger partial charge in [-0.2, -0.15) is 13.2 Å². The van der Waals surface area contributed by atoms with Crippen LogP contribution in [0.15, 0.2) is 36.4 Å². The van der Waals surface area contributed by atoms with Crippen molar-refractivity contribution in [2.24, 2.45) is 0 Å². The fourth-order valence-electron chi connectivity index (χ4n) is 3.12. The molecule has 0 saturated carbocycles. The molecule has 2 aliphatic heterocycles. The summed E-state index contributed by atoms with van der Waals surface area (Å²) in [4.78, 5) is 37.1. The average Bonchev–Trinajstić information content (AvgIpc) is 3.03. The summed E-state index contributed by atoms with van der Waals surface area (Å²) in [5, 5.41) is 2.34. The SMILES string of the molecule is O=C1Cc2c(cc(N3C(=O)c4ccccc4C3=O)cc2C(F)(F)F)N1. The van der Waals surface area contributed by atoms with E-state index in [4.69, 9.17) is 0 Å². The molecule has 0 unspecified atom stereocenters. The Labute approximate surface area is 139 Å². The Hall–Kier alpha value is -3.16. The molecule has 25 heavy (non-hydrogen) atoms. The first-order valence-corrected chi connectivity index (χ1v) is 7.29. The summed E-state index contributed by atoms with van der Waals surface area (Å²) >= 11 is 0. The van der Waals surface area contributed by atoms with Gasteiger partial charge in [-0.05, 0) is 29.8 Å². The standard InChI is InChI=1S/C17H9F3N2O3/c18-17(19,20)12-5-8(6-13-11(12)7-14(23)21-13)22-15(24)9-3-1-2-4-10(9)16(22)25/h1-6H,7H2,(H,21,23). The van der Waals surface area contributed by atoms with E-state index >= 15 is 0 Å². The molecule has 2 aromatic carbocycles. The Morgan fingerprint density at radius 2 is 1.56 bits per heavy atom. The number of anilines is 2. The molecule has 0 saturated heterocycles. The fourth-order valence-corrected chi connectivity index (χ4v) is 3.12. The Morgan fingerprint density at radius 3 is 2.12 bits per heavy atom. The first kappa shape index (κ1) is 15.4. The topological polar surface area (TPSA) is 66.5 Å². The summed E-state index contributed by atoms with van der Waals surface area (Å²) < 4.78 is 40.1. The number of carbonyl (C=O) groups is 3. The second-order valence-electron chi connectivity index (χ2n) is 5.73. The van der Waals surface area contributed by atoms with Crippen LogP contribution in [0.3, 0.4) is 0 Å². The third-order valence-electron chi connectivity index (χ3n) is 4.20. The summed E-state index contributed by atoms with van der Waals surface area (Å²) in [5.41, 5.74) is -1.21. The van der Waals surface area contributed by atoms with Gasteiger partial charge in [-0.25, -0.2) is 4.90 Å². The molecule has 0 fully saturated rings. The Kier molecular flexibility index (Phi) is 3.02. The van der Waals surface area contributed by atoms with Gasteiger partial charge in [0.15, 0.2) is 0 Å². The lowest BCUT2D eigenvalue weighted by atomic mass is 10.0. The Bertz CT molecular complexity index is 931. The first-order valence-electron chi connectivity index (χ1n) is 7.29. The number of hydrogen-bond donors (Lipinski definition) is 1. The summed E-state index contributed by atoms with van der Waals surface area (Å²) in [5.74, 6) is -1.96. The van der Waals surface area contributed by atoms with Crippen LogP contribution in [0.4, 0.5) is 24.5 Å². The van der Waals surface area contributed by atoms with Crippen molar-refractivity contribution >= 4 is 29.1 Å². The summed E-state index contributed by atoms with van der Waals surface area (Å²) in [7, 11) is 0. The van der Waals surface area contributed by atoms with E-state index in [2.05, 4.69) is 5.32 Å². The maximum Gasteiger partial charge on any atom is 0.416 e. The average molecular weight is 346 g/mol. The molecule has 8 heteroatoms. The molecule has 0 aromatic heterocycles. The van der Waals surface area contributed by atoms with E-state index in [0.717, 1.165) is 6.07 Å². The van der Waals surface area contributed by atoms with Gasteiger partial charge in [0, 0.05) is 5.69 Å². The largest absolute Gasteiger partial charge is 0.416 e. The minimum Gasteiger partial charge on any atom is -0.325 e. The van der Waals surface area contributed by atoms with Crippen molar-refractivity contribution in [3.05, 3.63) is 58.7 Å². The number of hydrogen-bond acceptors (Lipinski definition) is 3. The van der Waals surface area contributed by atoms with Gasteiger partial charge in [0.2, 0.25) is 5.91 Å². The highest BCUT2D eigenvalue weighted by molar-refractivity contribution is 6.34. The highest BCUT2D eigenvalue weighted by Crippen LogP contribution is 2.42. The minimum atomic E-state index is -4.72. The van der Waals surface area contributed by atoms with Gasteiger partial charge in [-0.15, -0.1) is 0 Å². The number of benzene rings is 2. The number of nitrogens with zero attached hydrogens (tertiary/aromatic N) is 1. The number of nitrogens with one attached hydrogen (secondary N) is 1. The molecule has 0 atom stereocenters. The van der Waals surface area contributed by atoms with E-state index in [9.17, 15) is 27.6 Å². The second-order valence-corrected chi connectivity index (χ2v) is 5.73. The van der Waals surface area contributed by atoms with Crippen LogP contribution < -0.4 is 10.2 Å². The van der Waals surface area contributed by atoms with E-state index in [1.54, 1.807) is 12.1 Å². The van der Waals surface area contributed by atoms with E-state index in [-0.39, 0.29) is 28.1 Å². The van der Waals surface area contributed by atoms with Crippen LogP contribution >= 0.6 is 0 Å². The third kappa shape index (κ3) is 2.21. The van der Waals surface area contributed by atoms with Gasteiger partial charge >= 0.3 is 6.18 Å². The molecule has 126 valence electrons. The molecule has 2 aliphatic rings. The second kappa shape index (κ2) is 4.92. The molecule has 1 N–H and O–H groups in total. The third-order valence-corrected chi connectivity index (χ3v) is 4.20. The van der Waals surface area contributed by atoms with E-state index in [1.807, 2.05) is 0 Å². The van der Waals surface area contributed by atoms with Gasteiger partial charge < -0.3 is 5.32 Å². The van der Waals surface area contributed by atoms with Gasteiger partial charge in [-0.1, -0.05) is 12.1 Å². The lowest BCUT2D eigenvalue weighted by Crippen LogP contribution is -2.29. The van der Waals surface area contributed by atoms with Crippen LogP contribution in [0.25, 0.3) is 0 Å². The van der Waals surface area contributed by atoms with Crippen molar-refractivity contribution in [2.45, 2.75) is 12.6 Å². The van der Waals surface area contributed by atoms with Gasteiger partial charge in [0.25, 0.3) is 11.8 Å². The molecule has 0 bridgehead atoms. The van der Waals surface area contributed by atoms with Gasteiger partial charge in [-0.3, -0.25) is 14.4 Å². The van der Waals surface area contributed by atoms with Crippen LogP contribution in [0, 0.1) is 0 Å². The van der Waals surface area contributed by atoms with Crippen LogP contribution in [-0.2, 0) is 17.4 Å². The number of fused-ring (bicyclic) bond motifs is 2. The van der Waals surface area contributed by atoms with Crippen molar-refractivity contribution < 1.29 is 27.6 Å². The highest BCUT2D eigenvalue weighted by Gasteiger charge is 2.41. The normalized spacial score (nSPS) is 16.1. The number of imide groups is 1. The first-order chi connectivity index (χ1) is 11.8. The van der Waals surface area contributed by atoms with Gasteiger partial charge in [0.05, 0.1) is 28.8 Å². The zero-order valence-corrected chi connectivity index (χ0v) is 12.5. The smallest absolute Gasteiger partial charge is 0.325 e. The van der Waals surface area contributed by atoms with E-state index in [0.29, 0.717) is 4.90 Å². The maximum absolute atomic E-state index is 13.4. The lowest BCUT2D eigenvalue weighted by Gasteiger charge is -2.19. The molecular formula is C17H9F3N2O3. The Balaban J connectivity index is 1.88. The molecule has 0 spiro atoms. The zero-order chi connectivity index (χ0) is 17.9. The number of amides is 3. The number of alkyl halides is 3. The van der Waals surface area contributed by atoms with Crippen molar-refractivity contribution in [3.8, 4) is 0 Å². The molecule has 0 aliphatic carbocycles. The number of rotatable bonds is 1. The maximum atomic E-state index is 13.4. The summed E-state index contributed by atoms with van der Waals surface area (Å²) in [6.07, 6.45) is -5.11. The highest BCUT2D eigenvalue weighted by atomic mass is 19.4. The molecule has 2 heterocycles. The molecule has 0 radical (unpaired) electrons.